The number of amides is 1. The van der Waals surface area contributed by atoms with Gasteiger partial charge in [-0.25, -0.2) is 9.59 Å². The normalized spacial score (nSPS) is 18.2. The lowest BCUT2D eigenvalue weighted by atomic mass is 9.76. The first-order valence-electron chi connectivity index (χ1n) is 8.04. The van der Waals surface area contributed by atoms with E-state index in [1.54, 1.807) is 44.2 Å². The molecule has 8 nitrogen and oxygen atoms in total. The Morgan fingerprint density at radius 1 is 1.23 bits per heavy atom. The summed E-state index contributed by atoms with van der Waals surface area (Å²) in [5.74, 6) is -3.44. The summed E-state index contributed by atoms with van der Waals surface area (Å²) >= 11 is 0. The molecule has 1 heterocycles. The van der Waals surface area contributed by atoms with Crippen LogP contribution in [0.5, 0.6) is 0 Å². The van der Waals surface area contributed by atoms with Gasteiger partial charge in [0.05, 0.1) is 30.8 Å². The topological polar surface area (TPSA) is 123 Å². The second-order valence-corrected chi connectivity index (χ2v) is 5.44. The minimum atomic E-state index is -2.23. The van der Waals surface area contributed by atoms with Gasteiger partial charge in [0.15, 0.2) is 0 Å². The average molecular weight is 357 g/mol. The fourth-order valence-corrected chi connectivity index (χ4v) is 3.13. The standard InChI is InChI=1S/C18H19N3O5/c1-3-25-16(23)18(17(24)26-4-2)14(12-8-6-5-7-9-12)13(10-19)15(20)21(18)11-22/h5-9,11,14H,3-4,20H2,1-2H3/t14-/m1/s1. The summed E-state index contributed by atoms with van der Waals surface area (Å²) in [5.41, 5.74) is 4.10. The number of hydrogen-bond donors (Lipinski definition) is 1. The fourth-order valence-electron chi connectivity index (χ4n) is 3.13. The highest BCUT2D eigenvalue weighted by Crippen LogP contribution is 2.47. The highest BCUT2D eigenvalue weighted by atomic mass is 16.6. The predicted molar refractivity (Wildman–Crippen MR) is 89.9 cm³/mol. The Morgan fingerprint density at radius 2 is 1.77 bits per heavy atom. The van der Waals surface area contributed by atoms with Gasteiger partial charge in [0.2, 0.25) is 6.41 Å². The maximum absolute atomic E-state index is 12.9. The van der Waals surface area contributed by atoms with E-state index in [-0.39, 0.29) is 31.0 Å². The molecule has 0 saturated heterocycles. The molecule has 0 bridgehead atoms. The van der Waals surface area contributed by atoms with E-state index in [0.717, 1.165) is 4.90 Å². The molecule has 1 amide bonds. The third-order valence-corrected chi connectivity index (χ3v) is 4.15. The van der Waals surface area contributed by atoms with E-state index in [1.807, 2.05) is 6.07 Å². The van der Waals surface area contributed by atoms with Crippen LogP contribution >= 0.6 is 0 Å². The minimum absolute atomic E-state index is 0.0318. The lowest BCUT2D eigenvalue weighted by molar-refractivity contribution is -0.174. The smallest absolute Gasteiger partial charge is 0.345 e. The van der Waals surface area contributed by atoms with Crippen molar-refractivity contribution >= 4 is 18.3 Å². The lowest BCUT2D eigenvalue weighted by Crippen LogP contribution is -2.61. The third kappa shape index (κ3) is 2.67. The Bertz CT molecular complexity index is 764. The Hall–Kier alpha value is -3.34. The van der Waals surface area contributed by atoms with Crippen molar-refractivity contribution in [3.63, 3.8) is 0 Å². The first kappa shape index (κ1) is 19.0. The van der Waals surface area contributed by atoms with E-state index < -0.39 is 23.4 Å². The van der Waals surface area contributed by atoms with Crippen LogP contribution < -0.4 is 5.73 Å². The number of nitrogens with two attached hydrogens (primary N) is 1. The van der Waals surface area contributed by atoms with Crippen LogP contribution in [0.2, 0.25) is 0 Å². The maximum Gasteiger partial charge on any atom is 0.345 e. The second kappa shape index (κ2) is 7.70. The monoisotopic (exact) mass is 357 g/mol. The van der Waals surface area contributed by atoms with Crippen LogP contribution in [-0.4, -0.2) is 42.0 Å². The molecule has 136 valence electrons. The molecule has 2 N–H and O–H groups in total. The highest BCUT2D eigenvalue weighted by molar-refractivity contribution is 6.10. The first-order chi connectivity index (χ1) is 12.5. The number of carbonyl (C=O) groups is 3. The number of rotatable bonds is 6. The molecule has 0 fully saturated rings. The van der Waals surface area contributed by atoms with Gasteiger partial charge in [0.1, 0.15) is 5.82 Å². The molecule has 8 heteroatoms. The van der Waals surface area contributed by atoms with Crippen molar-refractivity contribution in [1.29, 1.82) is 5.26 Å². The number of nitrogens with zero attached hydrogens (tertiary/aromatic N) is 2. The summed E-state index contributed by atoms with van der Waals surface area (Å²) in [7, 11) is 0. The van der Waals surface area contributed by atoms with Crippen molar-refractivity contribution in [2.24, 2.45) is 5.73 Å². The van der Waals surface area contributed by atoms with Crippen molar-refractivity contribution in [3.05, 3.63) is 47.3 Å². The summed E-state index contributed by atoms with van der Waals surface area (Å²) in [6.45, 7) is 3.07. The largest absolute Gasteiger partial charge is 0.464 e. The average Bonchev–Trinajstić information content (AvgIpc) is 2.91. The summed E-state index contributed by atoms with van der Waals surface area (Å²) in [6, 6.07) is 10.3. The van der Waals surface area contributed by atoms with E-state index in [1.165, 1.54) is 0 Å². The summed E-state index contributed by atoms with van der Waals surface area (Å²) in [5, 5.41) is 9.60. The number of esters is 2. The molecule has 26 heavy (non-hydrogen) atoms. The quantitative estimate of drug-likeness (QED) is 0.454. The zero-order valence-corrected chi connectivity index (χ0v) is 14.5. The third-order valence-electron chi connectivity index (χ3n) is 4.15. The SMILES string of the molecule is CCOC(=O)C1(C(=O)OCC)[C@H](c2ccccc2)C(C#N)=C(N)N1C=O. The van der Waals surface area contributed by atoms with Gasteiger partial charge in [0, 0.05) is 0 Å². The molecule has 0 unspecified atom stereocenters. The number of benzene rings is 1. The first-order valence-corrected chi connectivity index (χ1v) is 8.04. The second-order valence-electron chi connectivity index (χ2n) is 5.44. The van der Waals surface area contributed by atoms with Gasteiger partial charge < -0.3 is 15.2 Å². The van der Waals surface area contributed by atoms with Crippen molar-refractivity contribution in [3.8, 4) is 6.07 Å². The van der Waals surface area contributed by atoms with Crippen LogP contribution in [0.4, 0.5) is 0 Å². The van der Waals surface area contributed by atoms with Crippen molar-refractivity contribution < 1.29 is 23.9 Å². The molecule has 0 aromatic heterocycles. The van der Waals surface area contributed by atoms with E-state index in [2.05, 4.69) is 0 Å². The molecular formula is C18H19N3O5. The molecule has 0 radical (unpaired) electrons. The summed E-state index contributed by atoms with van der Waals surface area (Å²) < 4.78 is 10.2. The van der Waals surface area contributed by atoms with Crippen LogP contribution in [-0.2, 0) is 23.9 Å². The summed E-state index contributed by atoms with van der Waals surface area (Å²) in [4.78, 5) is 38.4. The fraction of sp³-hybridized carbons (Fsp3) is 0.333. The highest BCUT2D eigenvalue weighted by Gasteiger charge is 2.66. The van der Waals surface area contributed by atoms with Crippen LogP contribution in [0.15, 0.2) is 41.7 Å². The molecule has 1 aliphatic rings. The Kier molecular flexibility index (Phi) is 5.62. The number of ether oxygens (including phenoxy) is 2. The molecule has 0 spiro atoms. The zero-order chi connectivity index (χ0) is 19.3. The van der Waals surface area contributed by atoms with Gasteiger partial charge in [-0.2, -0.15) is 5.26 Å². The van der Waals surface area contributed by atoms with Gasteiger partial charge in [0.25, 0.3) is 5.54 Å². The van der Waals surface area contributed by atoms with Gasteiger partial charge in [-0.15, -0.1) is 0 Å². The van der Waals surface area contributed by atoms with E-state index in [9.17, 15) is 19.6 Å². The van der Waals surface area contributed by atoms with Crippen molar-refractivity contribution in [2.75, 3.05) is 13.2 Å². The van der Waals surface area contributed by atoms with Crippen molar-refractivity contribution in [2.45, 2.75) is 25.3 Å². The van der Waals surface area contributed by atoms with Gasteiger partial charge in [-0.3, -0.25) is 9.69 Å². The number of hydrogen-bond acceptors (Lipinski definition) is 7. The lowest BCUT2D eigenvalue weighted by Gasteiger charge is -2.36. The van der Waals surface area contributed by atoms with Crippen molar-refractivity contribution in [1.82, 2.24) is 4.90 Å². The predicted octanol–water partition coefficient (Wildman–Crippen LogP) is 0.801. The molecule has 0 saturated carbocycles. The number of nitriles is 1. The minimum Gasteiger partial charge on any atom is -0.464 e. The summed E-state index contributed by atoms with van der Waals surface area (Å²) in [6.07, 6.45) is 0.240. The molecular weight excluding hydrogens is 338 g/mol. The van der Waals surface area contributed by atoms with E-state index in [0.29, 0.717) is 5.56 Å². The van der Waals surface area contributed by atoms with Crippen LogP contribution in [0, 0.1) is 11.3 Å². The van der Waals surface area contributed by atoms with Gasteiger partial charge in [-0.05, 0) is 19.4 Å². The molecule has 1 aromatic carbocycles. The van der Waals surface area contributed by atoms with Gasteiger partial charge >= 0.3 is 11.9 Å². The molecule has 2 rings (SSSR count). The Balaban J connectivity index is 2.83. The van der Waals surface area contributed by atoms with Crippen LogP contribution in [0.1, 0.15) is 25.3 Å². The molecule has 0 aliphatic carbocycles. The maximum atomic E-state index is 12.9. The molecule has 1 atom stereocenters. The van der Waals surface area contributed by atoms with E-state index >= 15 is 0 Å². The Labute approximate surface area is 150 Å². The Morgan fingerprint density at radius 3 is 2.19 bits per heavy atom. The molecule has 1 aliphatic heterocycles. The van der Waals surface area contributed by atoms with Crippen LogP contribution in [0.25, 0.3) is 0 Å². The molecule has 1 aromatic rings. The van der Waals surface area contributed by atoms with E-state index in [4.69, 9.17) is 15.2 Å². The van der Waals surface area contributed by atoms with Gasteiger partial charge in [-0.1, -0.05) is 30.3 Å². The number of carbonyl (C=O) groups excluding carboxylic acids is 3. The zero-order valence-electron chi connectivity index (χ0n) is 14.5. The van der Waals surface area contributed by atoms with Crippen LogP contribution in [0.3, 0.4) is 0 Å².